The normalized spacial score (nSPS) is 10.6. The van der Waals surface area contributed by atoms with Crippen molar-refractivity contribution in [2.45, 2.75) is 0 Å². The number of anilines is 3. The minimum atomic E-state index is -0.167. The molecule has 2 heterocycles. The van der Waals surface area contributed by atoms with Gasteiger partial charge in [0.1, 0.15) is 0 Å². The van der Waals surface area contributed by atoms with Crippen LogP contribution in [0.5, 0.6) is 0 Å². The summed E-state index contributed by atoms with van der Waals surface area (Å²) in [5, 5.41) is 4.19. The number of para-hydroxylation sites is 2. The molecule has 6 nitrogen and oxygen atoms in total. The van der Waals surface area contributed by atoms with Crippen LogP contribution in [0.4, 0.5) is 17.3 Å². The van der Waals surface area contributed by atoms with E-state index in [1.54, 1.807) is 18.1 Å². The summed E-state index contributed by atoms with van der Waals surface area (Å²) >= 11 is 0. The second-order valence-corrected chi connectivity index (χ2v) is 6.00. The summed E-state index contributed by atoms with van der Waals surface area (Å²) in [6, 6.07) is 19.2. The van der Waals surface area contributed by atoms with Gasteiger partial charge in [-0.2, -0.15) is 0 Å². The monoisotopic (exact) mass is 355 g/mol. The van der Waals surface area contributed by atoms with Crippen molar-refractivity contribution in [1.29, 1.82) is 0 Å². The van der Waals surface area contributed by atoms with Gasteiger partial charge in [-0.3, -0.25) is 9.78 Å². The minimum absolute atomic E-state index is 0.167. The average molecular weight is 355 g/mol. The molecule has 0 radical (unpaired) electrons. The van der Waals surface area contributed by atoms with Crippen molar-refractivity contribution in [3.63, 3.8) is 0 Å². The lowest BCUT2D eigenvalue weighted by molar-refractivity contribution is 0.0992. The van der Waals surface area contributed by atoms with E-state index in [9.17, 15) is 4.79 Å². The minimum Gasteiger partial charge on any atom is -0.322 e. The molecule has 1 amide bonds. The van der Waals surface area contributed by atoms with Gasteiger partial charge in [-0.05, 0) is 24.3 Å². The van der Waals surface area contributed by atoms with Gasteiger partial charge < -0.3 is 10.2 Å². The van der Waals surface area contributed by atoms with Crippen LogP contribution in [0.2, 0.25) is 0 Å². The fraction of sp³-hybridized carbons (Fsp3) is 0.0476. The van der Waals surface area contributed by atoms with Gasteiger partial charge in [-0.25, -0.2) is 9.97 Å². The van der Waals surface area contributed by atoms with Crippen molar-refractivity contribution < 1.29 is 4.79 Å². The lowest BCUT2D eigenvalue weighted by Crippen LogP contribution is -2.26. The first-order chi connectivity index (χ1) is 13.2. The first-order valence-electron chi connectivity index (χ1n) is 8.48. The summed E-state index contributed by atoms with van der Waals surface area (Å²) < 4.78 is 0. The highest BCUT2D eigenvalue weighted by atomic mass is 16.2. The highest BCUT2D eigenvalue weighted by Gasteiger charge is 2.14. The number of carbonyl (C=O) groups excluding carboxylic acids is 1. The van der Waals surface area contributed by atoms with Crippen molar-refractivity contribution in [3.05, 3.63) is 84.8 Å². The van der Waals surface area contributed by atoms with Crippen LogP contribution in [-0.2, 0) is 0 Å². The third-order valence-electron chi connectivity index (χ3n) is 4.23. The van der Waals surface area contributed by atoms with Crippen molar-refractivity contribution in [3.8, 4) is 0 Å². The molecule has 0 bridgehead atoms. The van der Waals surface area contributed by atoms with Gasteiger partial charge in [0.05, 0.1) is 16.8 Å². The van der Waals surface area contributed by atoms with Crippen LogP contribution < -0.4 is 10.2 Å². The van der Waals surface area contributed by atoms with Crippen LogP contribution in [-0.4, -0.2) is 27.9 Å². The van der Waals surface area contributed by atoms with Crippen LogP contribution >= 0.6 is 0 Å². The zero-order valence-electron chi connectivity index (χ0n) is 14.7. The van der Waals surface area contributed by atoms with E-state index in [0.717, 1.165) is 22.3 Å². The van der Waals surface area contributed by atoms with Crippen molar-refractivity contribution in [1.82, 2.24) is 15.0 Å². The molecule has 4 rings (SSSR count). The number of pyridine rings is 1. The number of benzene rings is 2. The highest BCUT2D eigenvalue weighted by Crippen LogP contribution is 2.23. The zero-order valence-corrected chi connectivity index (χ0v) is 14.7. The van der Waals surface area contributed by atoms with E-state index in [-0.39, 0.29) is 5.91 Å². The molecule has 0 unspecified atom stereocenters. The van der Waals surface area contributed by atoms with Gasteiger partial charge in [-0.1, -0.05) is 36.4 Å². The maximum Gasteiger partial charge on any atom is 0.261 e. The Balaban J connectivity index is 1.54. The van der Waals surface area contributed by atoms with E-state index in [2.05, 4.69) is 20.3 Å². The Bertz CT molecular complexity index is 1080. The molecule has 27 heavy (non-hydrogen) atoms. The van der Waals surface area contributed by atoms with E-state index in [1.165, 1.54) is 12.4 Å². The molecule has 0 aliphatic heterocycles. The smallest absolute Gasteiger partial charge is 0.261 e. The first-order valence-corrected chi connectivity index (χ1v) is 8.48. The summed E-state index contributed by atoms with van der Waals surface area (Å²) in [4.78, 5) is 27.1. The second-order valence-electron chi connectivity index (χ2n) is 6.00. The molecule has 0 spiro atoms. The fourth-order valence-corrected chi connectivity index (χ4v) is 2.79. The number of carbonyl (C=O) groups is 1. The van der Waals surface area contributed by atoms with Crippen molar-refractivity contribution >= 4 is 34.1 Å². The number of nitrogens with zero attached hydrogens (tertiary/aromatic N) is 4. The number of hydrogen-bond donors (Lipinski definition) is 1. The summed E-state index contributed by atoms with van der Waals surface area (Å²) in [6.45, 7) is 0. The Morgan fingerprint density at radius 1 is 0.889 bits per heavy atom. The molecule has 0 saturated carbocycles. The third-order valence-corrected chi connectivity index (χ3v) is 4.23. The molecule has 132 valence electrons. The molecule has 0 saturated heterocycles. The summed E-state index contributed by atoms with van der Waals surface area (Å²) in [5.41, 5.74) is 2.88. The molecule has 0 fully saturated rings. The largest absolute Gasteiger partial charge is 0.322 e. The van der Waals surface area contributed by atoms with Gasteiger partial charge in [-0.15, -0.1) is 0 Å². The number of hydrogen-bond acceptors (Lipinski definition) is 5. The zero-order chi connectivity index (χ0) is 18.6. The number of aromatic nitrogens is 3. The van der Waals surface area contributed by atoms with Crippen LogP contribution in [0.3, 0.4) is 0 Å². The summed E-state index contributed by atoms with van der Waals surface area (Å²) in [6.07, 6.45) is 4.79. The predicted octanol–water partition coefficient (Wildman–Crippen LogP) is 4.05. The third kappa shape index (κ3) is 3.46. The molecule has 0 aliphatic carbocycles. The topological polar surface area (TPSA) is 71.0 Å². The SMILES string of the molecule is CN(C(=O)c1cnc(Nc2cccc3cccnc23)nc1)c1ccccc1. The van der Waals surface area contributed by atoms with Crippen molar-refractivity contribution in [2.24, 2.45) is 0 Å². The number of amides is 1. The molecular formula is C21H17N5O. The van der Waals surface area contributed by atoms with Crippen LogP contribution in [0.15, 0.2) is 79.3 Å². The molecule has 2 aromatic heterocycles. The van der Waals surface area contributed by atoms with Gasteiger partial charge in [0, 0.05) is 36.7 Å². The molecule has 6 heteroatoms. The predicted molar refractivity (Wildman–Crippen MR) is 106 cm³/mol. The average Bonchev–Trinajstić information content (AvgIpc) is 2.74. The van der Waals surface area contributed by atoms with Crippen molar-refractivity contribution in [2.75, 3.05) is 17.3 Å². The lowest BCUT2D eigenvalue weighted by atomic mass is 10.2. The Kier molecular flexibility index (Phi) is 4.45. The van der Waals surface area contributed by atoms with Gasteiger partial charge in [0.2, 0.25) is 5.95 Å². The van der Waals surface area contributed by atoms with E-state index < -0.39 is 0 Å². The highest BCUT2D eigenvalue weighted by molar-refractivity contribution is 6.05. The van der Waals surface area contributed by atoms with Gasteiger partial charge in [0.15, 0.2) is 0 Å². The van der Waals surface area contributed by atoms with Gasteiger partial charge >= 0.3 is 0 Å². The maximum absolute atomic E-state index is 12.6. The standard InChI is InChI=1S/C21H17N5O/c1-26(17-9-3-2-4-10-17)20(27)16-13-23-21(24-14-16)25-18-11-5-7-15-8-6-12-22-19(15)18/h2-14H,1H3,(H,23,24,25). The molecule has 4 aromatic rings. The van der Waals surface area contributed by atoms with E-state index in [1.807, 2.05) is 60.7 Å². The van der Waals surface area contributed by atoms with Crippen LogP contribution in [0, 0.1) is 0 Å². The summed E-state index contributed by atoms with van der Waals surface area (Å²) in [7, 11) is 1.73. The Hall–Kier alpha value is -3.80. The Morgan fingerprint density at radius 2 is 1.63 bits per heavy atom. The quantitative estimate of drug-likeness (QED) is 0.598. The second kappa shape index (κ2) is 7.21. The molecule has 1 N–H and O–H groups in total. The number of rotatable bonds is 4. The van der Waals surface area contributed by atoms with E-state index >= 15 is 0 Å². The molecule has 0 atom stereocenters. The number of nitrogens with one attached hydrogen (secondary N) is 1. The molecular weight excluding hydrogens is 338 g/mol. The van der Waals surface area contributed by atoms with Crippen LogP contribution in [0.1, 0.15) is 10.4 Å². The van der Waals surface area contributed by atoms with E-state index in [4.69, 9.17) is 0 Å². The fourth-order valence-electron chi connectivity index (χ4n) is 2.79. The Labute approximate surface area is 156 Å². The number of fused-ring (bicyclic) bond motifs is 1. The van der Waals surface area contributed by atoms with Crippen LogP contribution in [0.25, 0.3) is 10.9 Å². The Morgan fingerprint density at radius 3 is 2.41 bits per heavy atom. The van der Waals surface area contributed by atoms with Gasteiger partial charge in [0.25, 0.3) is 5.91 Å². The maximum atomic E-state index is 12.6. The lowest BCUT2D eigenvalue weighted by Gasteiger charge is -2.17. The molecule has 0 aliphatic rings. The van der Waals surface area contributed by atoms with E-state index in [0.29, 0.717) is 11.5 Å². The molecule has 2 aromatic carbocycles. The first kappa shape index (κ1) is 16.7. The summed E-state index contributed by atoms with van der Waals surface area (Å²) in [5.74, 6) is 0.242.